The largest absolute Gasteiger partial charge is 0.475 e. The van der Waals surface area contributed by atoms with Crippen molar-refractivity contribution in [2.45, 2.75) is 0 Å². The number of halogens is 2. The number of aromatic nitrogens is 4. The summed E-state index contributed by atoms with van der Waals surface area (Å²) in [5, 5.41) is 11.2. The van der Waals surface area contributed by atoms with Crippen LogP contribution in [0.3, 0.4) is 0 Å². The van der Waals surface area contributed by atoms with Gasteiger partial charge >= 0.3 is 5.97 Å². The van der Waals surface area contributed by atoms with Crippen LogP contribution in [0.4, 0.5) is 5.69 Å². The van der Waals surface area contributed by atoms with Crippen molar-refractivity contribution in [1.29, 1.82) is 0 Å². The molecule has 2 heterocycles. The van der Waals surface area contributed by atoms with Crippen LogP contribution < -0.4 is 5.32 Å². The van der Waals surface area contributed by atoms with E-state index in [9.17, 15) is 9.59 Å². The number of rotatable bonds is 3. The molecule has 2 aromatic heterocycles. The topological polar surface area (TPSA) is 102 Å². The first-order chi connectivity index (χ1) is 12.3. The number of imidazole rings is 2. The van der Waals surface area contributed by atoms with Gasteiger partial charge in [-0.25, -0.2) is 14.8 Å². The average Bonchev–Trinajstić information content (AvgIpc) is 3.09. The number of aryl methyl sites for hydroxylation is 2. The molecule has 8 nitrogen and oxygen atoms in total. The first kappa shape index (κ1) is 19.9. The molecule has 0 atom stereocenters. The molecule has 0 bridgehead atoms. The van der Waals surface area contributed by atoms with E-state index in [1.165, 1.54) is 4.57 Å². The van der Waals surface area contributed by atoms with E-state index < -0.39 is 5.97 Å². The predicted molar refractivity (Wildman–Crippen MR) is 103 cm³/mol. The number of hydrogen-bond acceptors (Lipinski definition) is 4. The molecular weight excluding hydrogens is 470 g/mol. The maximum Gasteiger partial charge on any atom is 0.372 e. The normalized spacial score (nSPS) is 10.0. The average molecular weight is 485 g/mol. The zero-order chi connectivity index (χ0) is 19.3. The fourth-order valence-corrected chi connectivity index (χ4v) is 2.93. The Hall–Kier alpha value is -2.46. The Morgan fingerprint density at radius 1 is 0.962 bits per heavy atom. The van der Waals surface area contributed by atoms with Crippen LogP contribution in [0.15, 0.2) is 51.9 Å². The summed E-state index contributed by atoms with van der Waals surface area (Å²) < 4.78 is 4.29. The molecule has 1 amide bonds. The molecule has 136 valence electrons. The van der Waals surface area contributed by atoms with E-state index in [4.69, 9.17) is 5.11 Å². The zero-order valence-corrected chi connectivity index (χ0v) is 17.0. The Labute approximate surface area is 166 Å². The standard InChI is InChI=1S/C11H10BrN3O.C5H5BrN2O2/c1-15-7-9(12)14-10(15)11(16)13-8-5-3-2-4-6-8;1-8-2-3(6)7-4(8)5(9)10/h2-7H,1H3,(H,13,16);2H,1H3,(H,9,10). The Balaban J connectivity index is 0.000000209. The van der Waals surface area contributed by atoms with Gasteiger partial charge in [-0.3, -0.25) is 4.79 Å². The maximum atomic E-state index is 11.8. The van der Waals surface area contributed by atoms with Crippen molar-refractivity contribution >= 4 is 49.4 Å². The molecule has 0 aliphatic rings. The number of benzene rings is 1. The molecule has 0 aliphatic carbocycles. The van der Waals surface area contributed by atoms with Gasteiger partial charge < -0.3 is 19.6 Å². The molecule has 0 spiro atoms. The molecule has 0 aliphatic heterocycles. The van der Waals surface area contributed by atoms with Crippen molar-refractivity contribution < 1.29 is 14.7 Å². The van der Waals surface area contributed by atoms with Gasteiger partial charge in [-0.1, -0.05) is 18.2 Å². The van der Waals surface area contributed by atoms with Crippen LogP contribution in [0.1, 0.15) is 21.2 Å². The van der Waals surface area contributed by atoms with Gasteiger partial charge in [0.2, 0.25) is 5.82 Å². The lowest BCUT2D eigenvalue weighted by atomic mass is 10.3. The molecule has 0 unspecified atom stereocenters. The number of aromatic carboxylic acids is 1. The third-order valence-corrected chi connectivity index (χ3v) is 3.88. The second kappa shape index (κ2) is 8.77. The Morgan fingerprint density at radius 3 is 1.85 bits per heavy atom. The highest BCUT2D eigenvalue weighted by Crippen LogP contribution is 2.11. The summed E-state index contributed by atoms with van der Waals surface area (Å²) in [7, 11) is 3.40. The van der Waals surface area contributed by atoms with Gasteiger partial charge in [0.1, 0.15) is 9.21 Å². The number of para-hydroxylation sites is 1. The van der Waals surface area contributed by atoms with Gasteiger partial charge in [0.25, 0.3) is 5.91 Å². The van der Waals surface area contributed by atoms with E-state index in [0.717, 1.165) is 5.69 Å². The molecule has 2 N–H and O–H groups in total. The highest BCUT2D eigenvalue weighted by molar-refractivity contribution is 9.10. The lowest BCUT2D eigenvalue weighted by molar-refractivity contribution is 0.0679. The van der Waals surface area contributed by atoms with E-state index in [2.05, 4.69) is 47.1 Å². The van der Waals surface area contributed by atoms with Crippen LogP contribution >= 0.6 is 31.9 Å². The monoisotopic (exact) mass is 483 g/mol. The molecule has 0 fully saturated rings. The quantitative estimate of drug-likeness (QED) is 0.593. The number of nitrogens with one attached hydrogen (secondary N) is 1. The highest BCUT2D eigenvalue weighted by Gasteiger charge is 2.12. The van der Waals surface area contributed by atoms with Gasteiger partial charge in [0.05, 0.1) is 0 Å². The van der Waals surface area contributed by atoms with Crippen molar-refractivity contribution in [2.24, 2.45) is 14.1 Å². The van der Waals surface area contributed by atoms with Gasteiger partial charge in [-0.15, -0.1) is 0 Å². The molecule has 0 saturated carbocycles. The van der Waals surface area contributed by atoms with Crippen molar-refractivity contribution in [3.63, 3.8) is 0 Å². The van der Waals surface area contributed by atoms with Crippen LogP contribution in [0.2, 0.25) is 0 Å². The fraction of sp³-hybridized carbons (Fsp3) is 0.125. The number of carboxylic acid groups (broad SMARTS) is 1. The zero-order valence-electron chi connectivity index (χ0n) is 13.8. The SMILES string of the molecule is Cn1cc(Br)nc1C(=O)Nc1ccccc1.Cn1cc(Br)nc1C(=O)O. The third kappa shape index (κ3) is 5.27. The molecule has 10 heteroatoms. The number of anilines is 1. The second-order valence-electron chi connectivity index (χ2n) is 5.12. The van der Waals surface area contributed by atoms with E-state index in [0.29, 0.717) is 15.0 Å². The summed E-state index contributed by atoms with van der Waals surface area (Å²) >= 11 is 6.28. The lowest BCUT2D eigenvalue weighted by Crippen LogP contribution is -2.16. The van der Waals surface area contributed by atoms with Crippen LogP contribution in [0, 0.1) is 0 Å². The molecule has 3 aromatic rings. The minimum atomic E-state index is -1.02. The fourth-order valence-electron chi connectivity index (χ4n) is 1.98. The summed E-state index contributed by atoms with van der Waals surface area (Å²) in [4.78, 5) is 29.9. The van der Waals surface area contributed by atoms with Crippen LogP contribution in [-0.4, -0.2) is 36.1 Å². The van der Waals surface area contributed by atoms with E-state index in [1.54, 1.807) is 31.1 Å². The molecule has 3 rings (SSSR count). The summed E-state index contributed by atoms with van der Waals surface area (Å²) in [6, 6.07) is 9.28. The van der Waals surface area contributed by atoms with E-state index in [-0.39, 0.29) is 11.7 Å². The molecular formula is C16H15Br2N5O3. The summed E-state index contributed by atoms with van der Waals surface area (Å²) in [5.74, 6) is -0.838. The van der Waals surface area contributed by atoms with Gasteiger partial charge in [-0.2, -0.15) is 0 Å². The van der Waals surface area contributed by atoms with Crippen molar-refractivity contribution in [2.75, 3.05) is 5.32 Å². The number of hydrogen-bond donors (Lipinski definition) is 2. The van der Waals surface area contributed by atoms with Gasteiger partial charge in [0, 0.05) is 32.2 Å². The summed E-state index contributed by atoms with van der Waals surface area (Å²) in [6.07, 6.45) is 3.32. The second-order valence-corrected chi connectivity index (χ2v) is 6.75. The maximum absolute atomic E-state index is 11.8. The smallest absolute Gasteiger partial charge is 0.372 e. The van der Waals surface area contributed by atoms with Crippen LogP contribution in [0.25, 0.3) is 0 Å². The lowest BCUT2D eigenvalue weighted by Gasteiger charge is -2.03. The van der Waals surface area contributed by atoms with Gasteiger partial charge in [0.15, 0.2) is 5.82 Å². The summed E-state index contributed by atoms with van der Waals surface area (Å²) in [6.45, 7) is 0. The Morgan fingerprint density at radius 2 is 1.46 bits per heavy atom. The number of amides is 1. The number of carbonyl (C=O) groups is 2. The Bertz CT molecular complexity index is 921. The Kier molecular flexibility index (Phi) is 6.70. The third-order valence-electron chi connectivity index (χ3n) is 3.12. The van der Waals surface area contributed by atoms with Gasteiger partial charge in [-0.05, 0) is 44.0 Å². The first-order valence-corrected chi connectivity index (χ1v) is 8.84. The minimum absolute atomic E-state index is 0.0341. The van der Waals surface area contributed by atoms with Crippen LogP contribution in [0.5, 0.6) is 0 Å². The number of carbonyl (C=O) groups excluding carboxylic acids is 1. The molecule has 1 aromatic carbocycles. The van der Waals surface area contributed by atoms with Crippen molar-refractivity contribution in [3.8, 4) is 0 Å². The van der Waals surface area contributed by atoms with Crippen molar-refractivity contribution in [1.82, 2.24) is 19.1 Å². The van der Waals surface area contributed by atoms with Crippen LogP contribution in [-0.2, 0) is 14.1 Å². The van der Waals surface area contributed by atoms with E-state index >= 15 is 0 Å². The molecule has 0 radical (unpaired) electrons. The van der Waals surface area contributed by atoms with E-state index in [1.807, 2.05) is 30.3 Å². The molecule has 0 saturated heterocycles. The number of nitrogens with zero attached hydrogens (tertiary/aromatic N) is 4. The summed E-state index contributed by atoms with van der Waals surface area (Å²) in [5.41, 5.74) is 0.756. The highest BCUT2D eigenvalue weighted by atomic mass is 79.9. The predicted octanol–water partition coefficient (Wildman–Crippen LogP) is 3.32. The van der Waals surface area contributed by atoms with Crippen molar-refractivity contribution in [3.05, 3.63) is 63.6 Å². The minimum Gasteiger partial charge on any atom is -0.475 e. The first-order valence-electron chi connectivity index (χ1n) is 7.25. The molecule has 26 heavy (non-hydrogen) atoms. The number of carboxylic acids is 1.